The Labute approximate surface area is 173 Å². The van der Waals surface area contributed by atoms with Gasteiger partial charge in [-0.25, -0.2) is 14.4 Å². The van der Waals surface area contributed by atoms with Crippen LogP contribution in [0, 0.1) is 0 Å². The fourth-order valence-electron chi connectivity index (χ4n) is 3.64. The number of carbonyl (C=O) groups excluding carboxylic acids is 1. The summed E-state index contributed by atoms with van der Waals surface area (Å²) in [5, 5.41) is 0.637. The van der Waals surface area contributed by atoms with E-state index in [1.54, 1.807) is 47.6 Å². The van der Waals surface area contributed by atoms with Crippen molar-refractivity contribution in [1.82, 2.24) is 19.9 Å². The van der Waals surface area contributed by atoms with Gasteiger partial charge in [-0.3, -0.25) is 9.78 Å². The summed E-state index contributed by atoms with van der Waals surface area (Å²) in [7, 11) is 0. The molecule has 5 nitrogen and oxygen atoms in total. The average molecular weight is 411 g/mol. The first-order valence-electron chi connectivity index (χ1n) is 9.48. The Balaban J connectivity index is 1.47. The first kappa shape index (κ1) is 19.5. The molecule has 0 unspecified atom stereocenters. The average Bonchev–Trinajstić information content (AvgIpc) is 2.76. The number of alkyl halides is 1. The molecule has 1 saturated heterocycles. The number of nitrogens with zero attached hydrogens (tertiary/aromatic N) is 4. The van der Waals surface area contributed by atoms with Crippen molar-refractivity contribution in [1.29, 1.82) is 0 Å². The molecular formula is C22H20ClFN4O. The van der Waals surface area contributed by atoms with Crippen LogP contribution < -0.4 is 0 Å². The van der Waals surface area contributed by atoms with E-state index in [1.165, 1.54) is 6.33 Å². The molecule has 2 aromatic heterocycles. The number of aromatic nitrogens is 3. The lowest BCUT2D eigenvalue weighted by Crippen LogP contribution is -2.45. The number of amides is 1. The van der Waals surface area contributed by atoms with E-state index in [0.29, 0.717) is 54.3 Å². The highest BCUT2D eigenvalue weighted by Gasteiger charge is 2.36. The summed E-state index contributed by atoms with van der Waals surface area (Å²) in [4.78, 5) is 27.2. The number of likely N-dealkylation sites (tertiary alicyclic amines) is 1. The van der Waals surface area contributed by atoms with Crippen molar-refractivity contribution in [3.05, 3.63) is 77.3 Å². The van der Waals surface area contributed by atoms with Crippen LogP contribution >= 0.6 is 11.6 Å². The van der Waals surface area contributed by atoms with Gasteiger partial charge in [-0.1, -0.05) is 23.7 Å². The molecule has 4 rings (SSSR count). The van der Waals surface area contributed by atoms with Crippen LogP contribution in [-0.2, 0) is 6.42 Å². The summed E-state index contributed by atoms with van der Waals surface area (Å²) in [6, 6.07) is 12.4. The van der Waals surface area contributed by atoms with Crippen LogP contribution in [0.4, 0.5) is 4.39 Å². The molecule has 0 bridgehead atoms. The van der Waals surface area contributed by atoms with Gasteiger partial charge in [-0.15, -0.1) is 0 Å². The third-order valence-corrected chi connectivity index (χ3v) is 5.50. The van der Waals surface area contributed by atoms with E-state index in [2.05, 4.69) is 15.0 Å². The van der Waals surface area contributed by atoms with Gasteiger partial charge < -0.3 is 4.90 Å². The smallest absolute Gasteiger partial charge is 0.256 e. The number of hydrogen-bond acceptors (Lipinski definition) is 4. The normalized spacial score (nSPS) is 15.9. The predicted molar refractivity (Wildman–Crippen MR) is 109 cm³/mol. The second-order valence-electron chi connectivity index (χ2n) is 7.24. The van der Waals surface area contributed by atoms with Crippen molar-refractivity contribution in [3.63, 3.8) is 0 Å². The van der Waals surface area contributed by atoms with Crippen LogP contribution in [0.2, 0.25) is 5.02 Å². The monoisotopic (exact) mass is 410 g/mol. The summed E-state index contributed by atoms with van der Waals surface area (Å²) < 4.78 is 15.3. The molecule has 1 aliphatic heterocycles. The second kappa shape index (κ2) is 8.25. The Morgan fingerprint density at radius 1 is 1.07 bits per heavy atom. The van der Waals surface area contributed by atoms with Gasteiger partial charge in [0.1, 0.15) is 17.7 Å². The molecule has 1 aromatic carbocycles. The van der Waals surface area contributed by atoms with Gasteiger partial charge in [0.25, 0.3) is 5.91 Å². The predicted octanol–water partition coefficient (Wildman–Crippen LogP) is 4.38. The van der Waals surface area contributed by atoms with E-state index >= 15 is 4.39 Å². The minimum Gasteiger partial charge on any atom is -0.338 e. The number of rotatable bonds is 4. The molecule has 0 spiro atoms. The van der Waals surface area contributed by atoms with Crippen LogP contribution in [0.25, 0.3) is 11.4 Å². The molecule has 0 saturated carbocycles. The van der Waals surface area contributed by atoms with Gasteiger partial charge >= 0.3 is 0 Å². The molecule has 1 amide bonds. The Hall–Kier alpha value is -2.86. The quantitative estimate of drug-likeness (QED) is 0.640. The van der Waals surface area contributed by atoms with Gasteiger partial charge in [0, 0.05) is 36.9 Å². The Morgan fingerprint density at radius 2 is 1.83 bits per heavy atom. The molecule has 3 heterocycles. The van der Waals surface area contributed by atoms with Crippen molar-refractivity contribution >= 4 is 17.5 Å². The fraction of sp³-hybridized carbons (Fsp3) is 0.273. The van der Waals surface area contributed by atoms with Crippen LogP contribution in [0.5, 0.6) is 0 Å². The summed E-state index contributed by atoms with van der Waals surface area (Å²) in [6.07, 6.45) is 5.58. The summed E-state index contributed by atoms with van der Waals surface area (Å²) >= 11 is 5.91. The third-order valence-electron chi connectivity index (χ3n) is 5.24. The van der Waals surface area contributed by atoms with Gasteiger partial charge in [-0.2, -0.15) is 0 Å². The summed E-state index contributed by atoms with van der Waals surface area (Å²) in [5.41, 5.74) is 1.15. The molecule has 0 N–H and O–H groups in total. The van der Waals surface area contributed by atoms with Crippen LogP contribution in [0.3, 0.4) is 0 Å². The first-order valence-corrected chi connectivity index (χ1v) is 9.86. The zero-order valence-corrected chi connectivity index (χ0v) is 16.5. The largest absolute Gasteiger partial charge is 0.338 e. The molecule has 29 heavy (non-hydrogen) atoms. The lowest BCUT2D eigenvalue weighted by molar-refractivity contribution is 0.0437. The maximum absolute atomic E-state index is 15.3. The van der Waals surface area contributed by atoms with Crippen LogP contribution in [-0.4, -0.2) is 44.5 Å². The van der Waals surface area contributed by atoms with Gasteiger partial charge in [-0.05, 0) is 48.7 Å². The highest BCUT2D eigenvalue weighted by atomic mass is 35.5. The number of piperidine rings is 1. The van der Waals surface area contributed by atoms with E-state index in [9.17, 15) is 4.79 Å². The lowest BCUT2D eigenvalue weighted by Gasteiger charge is -2.36. The molecule has 1 fully saturated rings. The number of hydrogen-bond donors (Lipinski definition) is 0. The van der Waals surface area contributed by atoms with Crippen molar-refractivity contribution in [2.75, 3.05) is 13.1 Å². The topological polar surface area (TPSA) is 59.0 Å². The third kappa shape index (κ3) is 4.43. The Kier molecular flexibility index (Phi) is 5.53. The van der Waals surface area contributed by atoms with E-state index in [4.69, 9.17) is 11.6 Å². The maximum atomic E-state index is 15.3. The summed E-state index contributed by atoms with van der Waals surface area (Å²) in [6.45, 7) is 0.724. The summed E-state index contributed by atoms with van der Waals surface area (Å²) in [5.74, 6) is -0.153. The number of benzene rings is 1. The zero-order valence-electron chi connectivity index (χ0n) is 15.8. The Bertz CT molecular complexity index is 989. The van der Waals surface area contributed by atoms with Crippen molar-refractivity contribution in [2.45, 2.75) is 24.9 Å². The molecule has 148 valence electrons. The highest BCUT2D eigenvalue weighted by molar-refractivity contribution is 6.30. The molecule has 0 aliphatic carbocycles. The zero-order chi connectivity index (χ0) is 20.3. The van der Waals surface area contributed by atoms with E-state index in [1.807, 2.05) is 12.1 Å². The molecular weight excluding hydrogens is 391 g/mol. The number of pyridine rings is 1. The fourth-order valence-corrected chi connectivity index (χ4v) is 3.76. The van der Waals surface area contributed by atoms with E-state index < -0.39 is 5.67 Å². The number of halogens is 2. The van der Waals surface area contributed by atoms with Crippen molar-refractivity contribution in [2.24, 2.45) is 0 Å². The maximum Gasteiger partial charge on any atom is 0.256 e. The van der Waals surface area contributed by atoms with Crippen molar-refractivity contribution < 1.29 is 9.18 Å². The molecule has 0 radical (unpaired) electrons. The second-order valence-corrected chi connectivity index (χ2v) is 7.68. The van der Waals surface area contributed by atoms with E-state index in [-0.39, 0.29) is 5.91 Å². The van der Waals surface area contributed by atoms with Crippen molar-refractivity contribution in [3.8, 4) is 11.4 Å². The standard InChI is InChI=1S/C22H20ClFN4O/c23-17-5-3-16(4-6-17)14-22(24)8-12-28(13-9-22)21(29)18-2-1-10-26-20(18)19-7-11-25-15-27-19/h1-7,10-11,15H,8-9,12-14H2. The number of carbonyl (C=O) groups is 1. The first-order chi connectivity index (χ1) is 14.0. The molecule has 3 aromatic rings. The molecule has 0 atom stereocenters. The van der Waals surface area contributed by atoms with Gasteiger partial charge in [0.2, 0.25) is 0 Å². The Morgan fingerprint density at radius 3 is 2.52 bits per heavy atom. The molecule has 7 heteroatoms. The lowest BCUT2D eigenvalue weighted by atomic mass is 9.87. The van der Waals surface area contributed by atoms with Crippen LogP contribution in [0.15, 0.2) is 61.2 Å². The molecule has 1 aliphatic rings. The van der Waals surface area contributed by atoms with E-state index in [0.717, 1.165) is 5.56 Å². The minimum absolute atomic E-state index is 0.153. The highest BCUT2D eigenvalue weighted by Crippen LogP contribution is 2.32. The SMILES string of the molecule is O=C(c1cccnc1-c1ccncn1)N1CCC(F)(Cc2ccc(Cl)cc2)CC1. The van der Waals surface area contributed by atoms with Crippen LogP contribution in [0.1, 0.15) is 28.8 Å². The minimum atomic E-state index is -1.32. The van der Waals surface area contributed by atoms with Gasteiger partial charge in [0.15, 0.2) is 0 Å². The van der Waals surface area contributed by atoms with Gasteiger partial charge in [0.05, 0.1) is 11.3 Å².